The molecule has 0 aromatic carbocycles. The minimum Gasteiger partial charge on any atom is -0.469 e. The zero-order valence-electron chi connectivity index (χ0n) is 16.7. The first kappa shape index (κ1) is 19.0. The summed E-state index contributed by atoms with van der Waals surface area (Å²) in [6, 6.07) is 1.08. The maximum absolute atomic E-state index is 12.6. The van der Waals surface area contributed by atoms with Gasteiger partial charge in [0.25, 0.3) is 0 Å². The van der Waals surface area contributed by atoms with E-state index in [0.717, 1.165) is 6.42 Å². The van der Waals surface area contributed by atoms with Crippen molar-refractivity contribution in [2.24, 2.45) is 23.7 Å². The van der Waals surface area contributed by atoms with Crippen molar-refractivity contribution in [2.45, 2.75) is 76.7 Å². The summed E-state index contributed by atoms with van der Waals surface area (Å²) in [4.78, 5) is 15.0. The van der Waals surface area contributed by atoms with Crippen LogP contribution >= 0.6 is 0 Å². The van der Waals surface area contributed by atoms with Crippen LogP contribution in [-0.4, -0.2) is 45.2 Å². The van der Waals surface area contributed by atoms with Gasteiger partial charge in [0.1, 0.15) is 8.07 Å². The van der Waals surface area contributed by atoms with E-state index in [2.05, 4.69) is 43.1 Å². The smallest absolute Gasteiger partial charge is 0.310 e. The van der Waals surface area contributed by atoms with E-state index in [1.165, 1.54) is 38.5 Å². The normalized spacial score (nSPS) is 38.8. The van der Waals surface area contributed by atoms with Gasteiger partial charge in [0.05, 0.1) is 13.0 Å². The average Bonchev–Trinajstić information content (AvgIpc) is 2.82. The minimum atomic E-state index is -1.27. The first-order valence-corrected chi connectivity index (χ1v) is 13.6. The van der Waals surface area contributed by atoms with E-state index in [-0.39, 0.29) is 11.9 Å². The van der Waals surface area contributed by atoms with Crippen molar-refractivity contribution in [3.05, 3.63) is 0 Å². The van der Waals surface area contributed by atoms with Crippen LogP contribution in [0.25, 0.3) is 0 Å². The molecule has 2 bridgehead atoms. The summed E-state index contributed by atoms with van der Waals surface area (Å²) in [5.74, 6) is 5.49. The van der Waals surface area contributed by atoms with E-state index >= 15 is 0 Å². The summed E-state index contributed by atoms with van der Waals surface area (Å²) in [7, 11) is 2.50. The lowest BCUT2D eigenvalue weighted by atomic mass is 9.67. The Bertz CT molecular complexity index is 550. The van der Waals surface area contributed by atoms with E-state index in [1.807, 2.05) is 0 Å². The fraction of sp³-hybridized carbons (Fsp3) is 0.857. The number of carbonyl (C=O) groups excluding carboxylic acids is 1. The van der Waals surface area contributed by atoms with Crippen molar-refractivity contribution in [1.29, 1.82) is 0 Å². The molecule has 1 saturated carbocycles. The number of hydrogen-bond acceptors (Lipinski definition) is 3. The highest BCUT2D eigenvalue weighted by Gasteiger charge is 2.51. The van der Waals surface area contributed by atoms with E-state index in [1.54, 1.807) is 7.11 Å². The van der Waals surface area contributed by atoms with Crippen molar-refractivity contribution in [3.8, 4) is 11.5 Å². The Morgan fingerprint density at radius 1 is 1.08 bits per heavy atom. The molecule has 2 heterocycles. The SMILES string of the molecule is COC(=O)C1C2CC[C@H](C[C@@H]1C1CCC(C#C[Si](C)(C)C)CC1)N2C. The summed E-state index contributed by atoms with van der Waals surface area (Å²) in [6.07, 6.45) is 8.52. The van der Waals surface area contributed by atoms with E-state index in [4.69, 9.17) is 4.74 Å². The summed E-state index contributed by atoms with van der Waals surface area (Å²) >= 11 is 0. The molecule has 2 unspecified atom stereocenters. The monoisotopic (exact) mass is 361 g/mol. The topological polar surface area (TPSA) is 29.5 Å². The van der Waals surface area contributed by atoms with Crippen molar-refractivity contribution in [3.63, 3.8) is 0 Å². The third kappa shape index (κ3) is 4.14. The summed E-state index contributed by atoms with van der Waals surface area (Å²) < 4.78 is 5.22. The van der Waals surface area contributed by atoms with Crippen LogP contribution in [-0.2, 0) is 9.53 Å². The van der Waals surface area contributed by atoms with Gasteiger partial charge < -0.3 is 4.74 Å². The summed E-state index contributed by atoms with van der Waals surface area (Å²) in [5, 5.41) is 0. The minimum absolute atomic E-state index is 0.0304. The number of carbonyl (C=O) groups is 1. The largest absolute Gasteiger partial charge is 0.469 e. The Balaban J connectivity index is 1.67. The molecule has 25 heavy (non-hydrogen) atoms. The molecule has 0 amide bonds. The number of hydrogen-bond donors (Lipinski definition) is 0. The van der Waals surface area contributed by atoms with Crippen LogP contribution in [0.5, 0.6) is 0 Å². The summed E-state index contributed by atoms with van der Waals surface area (Å²) in [5.41, 5.74) is 3.56. The predicted molar refractivity (Wildman–Crippen MR) is 105 cm³/mol. The molecule has 1 aliphatic carbocycles. The number of methoxy groups -OCH3 is 1. The highest BCUT2D eigenvalue weighted by molar-refractivity contribution is 6.83. The Labute approximate surface area is 154 Å². The number of piperidine rings is 1. The lowest BCUT2D eigenvalue weighted by Crippen LogP contribution is -2.52. The van der Waals surface area contributed by atoms with Gasteiger partial charge in [-0.15, -0.1) is 11.5 Å². The molecule has 140 valence electrons. The third-order valence-electron chi connectivity index (χ3n) is 6.82. The molecule has 0 spiro atoms. The van der Waals surface area contributed by atoms with Gasteiger partial charge in [-0.1, -0.05) is 19.6 Å². The van der Waals surface area contributed by atoms with Crippen LogP contribution in [0.3, 0.4) is 0 Å². The predicted octanol–water partition coefficient (Wildman–Crippen LogP) is 3.95. The van der Waals surface area contributed by atoms with E-state index < -0.39 is 8.07 Å². The second-order valence-electron chi connectivity index (χ2n) is 9.54. The standard InChI is InChI=1S/C21H35NO2Si/c1-22-17-10-11-19(22)20(21(23)24-2)18(14-17)16-8-6-15(7-9-16)12-13-25(3,4)5/h15-20H,6-11,14H2,1-5H3/t15?,16?,17-,18-,19?,20?/m1/s1. The second-order valence-corrected chi connectivity index (χ2v) is 14.3. The zero-order chi connectivity index (χ0) is 18.2. The van der Waals surface area contributed by atoms with Crippen molar-refractivity contribution < 1.29 is 9.53 Å². The molecular formula is C21H35NO2Si. The molecule has 2 aliphatic heterocycles. The van der Waals surface area contributed by atoms with Gasteiger partial charge in [0, 0.05) is 18.0 Å². The van der Waals surface area contributed by atoms with Gasteiger partial charge in [-0.25, -0.2) is 0 Å². The highest BCUT2D eigenvalue weighted by atomic mass is 28.3. The van der Waals surface area contributed by atoms with Gasteiger partial charge in [-0.2, -0.15) is 0 Å². The molecule has 4 atom stereocenters. The van der Waals surface area contributed by atoms with Crippen molar-refractivity contribution in [2.75, 3.05) is 14.2 Å². The third-order valence-corrected chi connectivity index (χ3v) is 7.71. The van der Waals surface area contributed by atoms with Crippen LogP contribution in [0.2, 0.25) is 19.6 Å². The quantitative estimate of drug-likeness (QED) is 0.424. The fourth-order valence-corrected chi connectivity index (χ4v) is 6.11. The summed E-state index contributed by atoms with van der Waals surface area (Å²) in [6.45, 7) is 6.96. The molecule has 3 fully saturated rings. The number of ether oxygens (including phenoxy) is 1. The molecule has 3 rings (SSSR count). The van der Waals surface area contributed by atoms with Crippen LogP contribution in [0.15, 0.2) is 0 Å². The van der Waals surface area contributed by atoms with Crippen molar-refractivity contribution in [1.82, 2.24) is 4.90 Å². The number of fused-ring (bicyclic) bond motifs is 2. The second kappa shape index (κ2) is 7.45. The maximum atomic E-state index is 12.6. The molecule has 0 aromatic heterocycles. The first-order valence-electron chi connectivity index (χ1n) is 10.1. The van der Waals surface area contributed by atoms with Gasteiger partial charge in [0.2, 0.25) is 0 Å². The molecule has 3 aliphatic rings. The average molecular weight is 362 g/mol. The highest BCUT2D eigenvalue weighted by Crippen LogP contribution is 2.48. The van der Waals surface area contributed by atoms with Crippen LogP contribution < -0.4 is 0 Å². The van der Waals surface area contributed by atoms with E-state index in [9.17, 15) is 4.79 Å². The number of nitrogens with zero attached hydrogens (tertiary/aromatic N) is 1. The van der Waals surface area contributed by atoms with Gasteiger partial charge in [-0.05, 0) is 63.8 Å². The maximum Gasteiger partial charge on any atom is 0.310 e. The Morgan fingerprint density at radius 2 is 1.76 bits per heavy atom. The lowest BCUT2D eigenvalue weighted by molar-refractivity contribution is -0.154. The zero-order valence-corrected chi connectivity index (χ0v) is 17.7. The van der Waals surface area contributed by atoms with Crippen LogP contribution in [0, 0.1) is 35.1 Å². The Hall–Kier alpha value is -0.793. The van der Waals surface area contributed by atoms with Crippen LogP contribution in [0.1, 0.15) is 44.9 Å². The van der Waals surface area contributed by atoms with E-state index in [0.29, 0.717) is 29.8 Å². The van der Waals surface area contributed by atoms with Crippen molar-refractivity contribution >= 4 is 14.0 Å². The fourth-order valence-electron chi connectivity index (χ4n) is 5.47. The first-order chi connectivity index (χ1) is 11.8. The number of esters is 1. The molecule has 0 radical (unpaired) electrons. The van der Waals surface area contributed by atoms with Gasteiger partial charge >= 0.3 is 5.97 Å². The van der Waals surface area contributed by atoms with Gasteiger partial charge in [0.15, 0.2) is 0 Å². The molecule has 2 saturated heterocycles. The molecule has 4 heteroatoms. The van der Waals surface area contributed by atoms with Gasteiger partial charge in [-0.3, -0.25) is 9.69 Å². The molecule has 0 aromatic rings. The Kier molecular flexibility index (Phi) is 5.65. The molecule has 0 N–H and O–H groups in total. The number of rotatable bonds is 2. The van der Waals surface area contributed by atoms with Crippen LogP contribution in [0.4, 0.5) is 0 Å². The lowest BCUT2D eigenvalue weighted by Gasteiger charge is -2.46. The Morgan fingerprint density at radius 3 is 2.36 bits per heavy atom. The molecule has 3 nitrogen and oxygen atoms in total. The molecular weight excluding hydrogens is 326 g/mol.